The predicted octanol–water partition coefficient (Wildman–Crippen LogP) is 3.58. The van der Waals surface area contributed by atoms with Crippen LogP contribution < -0.4 is 16.3 Å². The van der Waals surface area contributed by atoms with E-state index in [9.17, 15) is 9.59 Å². The summed E-state index contributed by atoms with van der Waals surface area (Å²) in [4.78, 5) is 29.2. The van der Waals surface area contributed by atoms with Crippen LogP contribution in [0.2, 0.25) is 0 Å². The fourth-order valence-corrected chi connectivity index (χ4v) is 4.07. The second kappa shape index (κ2) is 8.09. The van der Waals surface area contributed by atoms with Gasteiger partial charge in [-0.05, 0) is 64.3 Å². The summed E-state index contributed by atoms with van der Waals surface area (Å²) in [6.07, 6.45) is 3.97. The topological polar surface area (TPSA) is 90.2 Å². The minimum Gasteiger partial charge on any atom is -0.444 e. The van der Waals surface area contributed by atoms with Crippen LogP contribution in [0.3, 0.4) is 0 Å². The zero-order chi connectivity index (χ0) is 22.2. The van der Waals surface area contributed by atoms with Gasteiger partial charge in [-0.3, -0.25) is 9.13 Å². The molecule has 0 saturated heterocycles. The normalized spacial score (nSPS) is 18.8. The first kappa shape index (κ1) is 21.0. The van der Waals surface area contributed by atoms with Gasteiger partial charge in [0.05, 0.1) is 22.9 Å². The molecule has 0 spiro atoms. The van der Waals surface area contributed by atoms with Gasteiger partial charge in [0.2, 0.25) is 0 Å². The van der Waals surface area contributed by atoms with E-state index in [0.29, 0.717) is 0 Å². The number of ether oxygens (including phenoxy) is 1. The number of imidazole rings is 1. The molecule has 0 unspecified atom stereocenters. The summed E-state index contributed by atoms with van der Waals surface area (Å²) in [7, 11) is 1.77. The second-order valence-corrected chi connectivity index (χ2v) is 9.06. The smallest absolute Gasteiger partial charge is 0.407 e. The van der Waals surface area contributed by atoms with Gasteiger partial charge in [-0.15, -0.1) is 0 Å². The fourth-order valence-electron chi connectivity index (χ4n) is 4.07. The number of aryl methyl sites for hydroxylation is 1. The average Bonchev–Trinajstić information content (AvgIpc) is 3.24. The number of rotatable bonds is 4. The summed E-state index contributed by atoms with van der Waals surface area (Å²) in [5.74, 6) is 0.750. The van der Waals surface area contributed by atoms with Crippen molar-refractivity contribution in [3.63, 3.8) is 0 Å². The largest absolute Gasteiger partial charge is 0.444 e. The number of benzene rings is 1. The summed E-state index contributed by atoms with van der Waals surface area (Å²) in [5.41, 5.74) is 1.85. The van der Waals surface area contributed by atoms with Crippen molar-refractivity contribution in [1.29, 1.82) is 0 Å². The molecule has 1 aliphatic rings. The van der Waals surface area contributed by atoms with Crippen molar-refractivity contribution in [1.82, 2.24) is 19.4 Å². The number of alkyl carbamates (subject to hydrolysis) is 1. The number of aromatic nitrogens is 3. The van der Waals surface area contributed by atoms with Gasteiger partial charge in [0.15, 0.2) is 0 Å². The molecule has 0 aliphatic heterocycles. The van der Waals surface area contributed by atoms with Crippen LogP contribution in [0.15, 0.2) is 47.4 Å². The van der Waals surface area contributed by atoms with Crippen molar-refractivity contribution < 1.29 is 9.53 Å². The number of amides is 1. The number of nitrogens with one attached hydrogen (secondary N) is 2. The Morgan fingerprint density at radius 1 is 1.10 bits per heavy atom. The lowest BCUT2D eigenvalue weighted by Gasteiger charge is -2.22. The lowest BCUT2D eigenvalue weighted by Crippen LogP contribution is -2.38. The molecule has 2 N–H and O–H groups in total. The van der Waals surface area contributed by atoms with Gasteiger partial charge in [0.25, 0.3) is 0 Å². The Morgan fingerprint density at radius 3 is 2.48 bits per heavy atom. The van der Waals surface area contributed by atoms with Gasteiger partial charge < -0.3 is 15.4 Å². The van der Waals surface area contributed by atoms with Crippen LogP contribution in [-0.2, 0) is 11.8 Å². The van der Waals surface area contributed by atoms with Crippen molar-refractivity contribution in [3.05, 3.63) is 53.1 Å². The van der Waals surface area contributed by atoms with E-state index in [-0.39, 0.29) is 23.9 Å². The van der Waals surface area contributed by atoms with E-state index in [4.69, 9.17) is 4.74 Å². The molecule has 164 valence electrons. The third-order valence-corrected chi connectivity index (χ3v) is 5.47. The highest BCUT2D eigenvalue weighted by molar-refractivity contribution is 5.78. The van der Waals surface area contributed by atoms with E-state index < -0.39 is 5.60 Å². The van der Waals surface area contributed by atoms with E-state index in [1.165, 1.54) is 0 Å². The second-order valence-electron chi connectivity index (χ2n) is 9.06. The molecule has 2 atom stereocenters. The molecule has 8 nitrogen and oxygen atoms in total. The fraction of sp³-hybridized carbons (Fsp3) is 0.435. The molecular weight excluding hydrogens is 394 g/mol. The number of hydrogen-bond acceptors (Lipinski definition) is 5. The number of anilines is 1. The number of fused-ring (bicyclic) bond motifs is 1. The van der Waals surface area contributed by atoms with Crippen LogP contribution in [-0.4, -0.2) is 37.9 Å². The first-order valence-electron chi connectivity index (χ1n) is 10.6. The molecule has 1 saturated carbocycles. The lowest BCUT2D eigenvalue weighted by atomic mass is 10.2. The monoisotopic (exact) mass is 423 g/mol. The Kier molecular flexibility index (Phi) is 5.47. The summed E-state index contributed by atoms with van der Waals surface area (Å²) in [6, 6.07) is 11.8. The van der Waals surface area contributed by atoms with Crippen LogP contribution >= 0.6 is 0 Å². The first-order chi connectivity index (χ1) is 14.7. The number of carbonyl (C=O) groups excluding carboxylic acids is 1. The third-order valence-electron chi connectivity index (χ3n) is 5.47. The predicted molar refractivity (Wildman–Crippen MR) is 121 cm³/mol. The molecule has 1 amide bonds. The highest BCUT2D eigenvalue weighted by Crippen LogP contribution is 2.24. The van der Waals surface area contributed by atoms with Gasteiger partial charge >= 0.3 is 11.8 Å². The average molecular weight is 424 g/mol. The van der Waals surface area contributed by atoms with Crippen LogP contribution in [0.1, 0.15) is 40.0 Å². The zero-order valence-electron chi connectivity index (χ0n) is 18.4. The van der Waals surface area contributed by atoms with Crippen molar-refractivity contribution >= 4 is 22.9 Å². The van der Waals surface area contributed by atoms with E-state index in [2.05, 4.69) is 15.6 Å². The minimum absolute atomic E-state index is 0.0842. The van der Waals surface area contributed by atoms with E-state index >= 15 is 0 Å². The summed E-state index contributed by atoms with van der Waals surface area (Å²) in [6.45, 7) is 5.56. The highest BCUT2D eigenvalue weighted by atomic mass is 16.6. The Bertz CT molecular complexity index is 1140. The summed E-state index contributed by atoms with van der Waals surface area (Å²) >= 11 is 0. The lowest BCUT2D eigenvalue weighted by molar-refractivity contribution is 0.0505. The number of carbonyl (C=O) groups is 1. The number of pyridine rings is 1. The number of hydrogen-bond donors (Lipinski definition) is 2. The molecule has 2 heterocycles. The molecule has 31 heavy (non-hydrogen) atoms. The zero-order valence-corrected chi connectivity index (χ0v) is 18.4. The van der Waals surface area contributed by atoms with Gasteiger partial charge in [-0.2, -0.15) is 0 Å². The maximum absolute atomic E-state index is 12.7. The Hall–Kier alpha value is -3.29. The molecule has 0 bridgehead atoms. The van der Waals surface area contributed by atoms with Crippen LogP contribution in [0.5, 0.6) is 0 Å². The molecular formula is C23H29N5O3. The van der Waals surface area contributed by atoms with E-state index in [1.54, 1.807) is 22.4 Å². The van der Waals surface area contributed by atoms with Gasteiger partial charge in [0, 0.05) is 19.1 Å². The standard InChI is InChI=1S/C23H29N5O3/c1-23(2,3)31-21(29)26-16-10-9-15(13-16)25-20-12-11-17(14-24-20)28-19-8-6-5-7-18(19)27(4)22(28)30/h5-8,11-12,14-16H,9-10,13H2,1-4H3,(H,24,25)(H,26,29)/t15-,16-/m0/s1. The van der Waals surface area contributed by atoms with Crippen molar-refractivity contribution in [3.8, 4) is 5.69 Å². The summed E-state index contributed by atoms with van der Waals surface area (Å²) < 4.78 is 8.64. The third kappa shape index (κ3) is 4.57. The molecule has 8 heteroatoms. The SMILES string of the molecule is Cn1c(=O)n(-c2ccc(N[C@H]3CC[C@H](NC(=O)OC(C)(C)C)C3)nc2)c2ccccc21. The molecule has 1 aromatic carbocycles. The molecule has 1 fully saturated rings. The van der Waals surface area contributed by atoms with Crippen molar-refractivity contribution in [2.75, 3.05) is 5.32 Å². The molecule has 3 aromatic rings. The molecule has 1 aliphatic carbocycles. The molecule has 0 radical (unpaired) electrons. The van der Waals surface area contributed by atoms with Crippen molar-refractivity contribution in [2.24, 2.45) is 7.05 Å². The number of nitrogens with zero attached hydrogens (tertiary/aromatic N) is 3. The summed E-state index contributed by atoms with van der Waals surface area (Å²) in [5, 5.41) is 6.38. The quantitative estimate of drug-likeness (QED) is 0.669. The number of para-hydroxylation sites is 2. The minimum atomic E-state index is -0.502. The first-order valence-corrected chi connectivity index (χ1v) is 10.6. The Labute approximate surface area is 181 Å². The van der Waals surface area contributed by atoms with Crippen LogP contribution in [0.25, 0.3) is 16.7 Å². The Morgan fingerprint density at radius 2 is 1.81 bits per heavy atom. The van der Waals surface area contributed by atoms with Crippen LogP contribution in [0.4, 0.5) is 10.6 Å². The highest BCUT2D eigenvalue weighted by Gasteiger charge is 2.27. The van der Waals surface area contributed by atoms with Crippen molar-refractivity contribution in [2.45, 2.75) is 57.7 Å². The molecule has 4 rings (SSSR count). The maximum Gasteiger partial charge on any atom is 0.407 e. The van der Waals surface area contributed by atoms with E-state index in [1.807, 2.05) is 57.2 Å². The van der Waals surface area contributed by atoms with Gasteiger partial charge in [-0.25, -0.2) is 14.6 Å². The van der Waals surface area contributed by atoms with Gasteiger partial charge in [-0.1, -0.05) is 12.1 Å². The Balaban J connectivity index is 1.41. The van der Waals surface area contributed by atoms with Crippen LogP contribution in [0, 0.1) is 0 Å². The maximum atomic E-state index is 12.7. The molecule has 2 aromatic heterocycles. The van der Waals surface area contributed by atoms with Gasteiger partial charge in [0.1, 0.15) is 11.4 Å². The van der Waals surface area contributed by atoms with E-state index in [0.717, 1.165) is 41.8 Å².